The second kappa shape index (κ2) is 2.45. The van der Waals surface area contributed by atoms with E-state index in [2.05, 4.69) is 4.98 Å². The summed E-state index contributed by atoms with van der Waals surface area (Å²) in [4.78, 5) is 4.27. The van der Waals surface area contributed by atoms with Crippen molar-refractivity contribution in [2.45, 2.75) is 13.8 Å². The van der Waals surface area contributed by atoms with E-state index in [0.29, 0.717) is 5.75 Å². The Kier molecular flexibility index (Phi) is 1.54. The minimum atomic E-state index is 0.327. The molecule has 2 aromatic rings. The van der Waals surface area contributed by atoms with E-state index in [-0.39, 0.29) is 0 Å². The van der Waals surface area contributed by atoms with Crippen molar-refractivity contribution >= 4 is 21.6 Å². The summed E-state index contributed by atoms with van der Waals surface area (Å²) in [6.45, 7) is 3.86. The number of hydrogen-bond acceptors (Lipinski definition) is 3. The van der Waals surface area contributed by atoms with E-state index in [1.54, 1.807) is 17.4 Å². The number of aryl methyl sites for hydroxylation is 2. The Balaban J connectivity index is 2.83. The molecule has 1 N–H and O–H groups in total. The molecule has 0 unspecified atom stereocenters. The van der Waals surface area contributed by atoms with Crippen molar-refractivity contribution < 1.29 is 5.11 Å². The fraction of sp³-hybridized carbons (Fsp3) is 0.222. The van der Waals surface area contributed by atoms with E-state index < -0.39 is 0 Å². The number of phenols is 1. The fourth-order valence-corrected chi connectivity index (χ4v) is 2.09. The summed E-state index contributed by atoms with van der Waals surface area (Å²) in [5, 5.41) is 10.4. The first-order valence-electron chi connectivity index (χ1n) is 3.73. The third-order valence-corrected chi connectivity index (χ3v) is 2.75. The van der Waals surface area contributed by atoms with Gasteiger partial charge >= 0.3 is 0 Å². The van der Waals surface area contributed by atoms with Crippen molar-refractivity contribution in [1.29, 1.82) is 0 Å². The largest absolute Gasteiger partial charge is 0.508 e. The maximum Gasteiger partial charge on any atom is 0.120 e. The van der Waals surface area contributed by atoms with Crippen molar-refractivity contribution in [3.8, 4) is 5.75 Å². The van der Waals surface area contributed by atoms with Crippen LogP contribution < -0.4 is 0 Å². The fourth-order valence-electron chi connectivity index (χ4n) is 1.18. The molecule has 0 aliphatic heterocycles. The first-order valence-corrected chi connectivity index (χ1v) is 4.55. The van der Waals surface area contributed by atoms with Gasteiger partial charge in [0.1, 0.15) is 5.75 Å². The van der Waals surface area contributed by atoms with Gasteiger partial charge in [0.25, 0.3) is 0 Å². The highest BCUT2D eigenvalue weighted by atomic mass is 32.1. The van der Waals surface area contributed by atoms with Crippen LogP contribution in [0.4, 0.5) is 0 Å². The molecule has 0 fully saturated rings. The van der Waals surface area contributed by atoms with Crippen LogP contribution in [0.2, 0.25) is 0 Å². The molecule has 2 rings (SSSR count). The van der Waals surface area contributed by atoms with E-state index >= 15 is 0 Å². The van der Waals surface area contributed by atoms with Gasteiger partial charge in [-0.25, -0.2) is 4.98 Å². The quantitative estimate of drug-likeness (QED) is 0.674. The number of phenolic OH excluding ortho intramolecular Hbond substituents is 1. The molecule has 0 aliphatic rings. The lowest BCUT2D eigenvalue weighted by atomic mass is 10.2. The Hall–Kier alpha value is -1.09. The highest BCUT2D eigenvalue weighted by molar-refractivity contribution is 7.18. The lowest BCUT2D eigenvalue weighted by Crippen LogP contribution is -1.74. The van der Waals surface area contributed by atoms with Gasteiger partial charge in [-0.2, -0.15) is 0 Å². The standard InChI is InChI=1S/C9H9NOS/c1-5-3-9-7(4-8(5)11)10-6(2)12-9/h3-4,11H,1-2H3. The zero-order valence-electron chi connectivity index (χ0n) is 6.96. The van der Waals surface area contributed by atoms with E-state index in [1.165, 1.54) is 0 Å². The van der Waals surface area contributed by atoms with Crippen LogP contribution >= 0.6 is 11.3 Å². The molecule has 0 saturated heterocycles. The summed E-state index contributed by atoms with van der Waals surface area (Å²) in [5.41, 5.74) is 1.80. The van der Waals surface area contributed by atoms with Crippen LogP contribution in [0.1, 0.15) is 10.6 Å². The third-order valence-electron chi connectivity index (χ3n) is 1.81. The Labute approximate surface area is 74.5 Å². The first-order chi connectivity index (χ1) is 5.66. The summed E-state index contributed by atoms with van der Waals surface area (Å²) in [5.74, 6) is 0.327. The Morgan fingerprint density at radius 2 is 2.08 bits per heavy atom. The highest BCUT2D eigenvalue weighted by Crippen LogP contribution is 2.27. The lowest BCUT2D eigenvalue weighted by Gasteiger charge is -1.95. The molecular formula is C9H9NOS. The zero-order chi connectivity index (χ0) is 8.72. The molecule has 0 aliphatic carbocycles. The summed E-state index contributed by atoms with van der Waals surface area (Å²) in [7, 11) is 0. The number of benzene rings is 1. The van der Waals surface area contributed by atoms with Crippen LogP contribution in [0.5, 0.6) is 5.75 Å². The van der Waals surface area contributed by atoms with E-state index in [1.807, 2.05) is 19.9 Å². The SMILES string of the molecule is Cc1nc2cc(O)c(C)cc2s1. The lowest BCUT2D eigenvalue weighted by molar-refractivity contribution is 0.472. The van der Waals surface area contributed by atoms with Gasteiger partial charge in [0.2, 0.25) is 0 Å². The minimum absolute atomic E-state index is 0.327. The highest BCUT2D eigenvalue weighted by Gasteiger charge is 2.03. The van der Waals surface area contributed by atoms with Gasteiger partial charge in [-0.3, -0.25) is 0 Å². The van der Waals surface area contributed by atoms with E-state index in [9.17, 15) is 5.11 Å². The molecule has 1 heterocycles. The van der Waals surface area contributed by atoms with E-state index in [0.717, 1.165) is 20.8 Å². The molecule has 62 valence electrons. The monoisotopic (exact) mass is 179 g/mol. The first kappa shape index (κ1) is 7.55. The molecule has 0 saturated carbocycles. The molecule has 2 nitrogen and oxygen atoms in total. The maximum atomic E-state index is 9.39. The van der Waals surface area contributed by atoms with Crippen LogP contribution in [-0.2, 0) is 0 Å². The normalized spacial score (nSPS) is 10.8. The Bertz CT molecular complexity index is 394. The van der Waals surface area contributed by atoms with Crippen molar-refractivity contribution in [3.05, 3.63) is 22.7 Å². The summed E-state index contributed by atoms with van der Waals surface area (Å²) >= 11 is 1.65. The Morgan fingerprint density at radius 3 is 2.83 bits per heavy atom. The molecule has 3 heteroatoms. The van der Waals surface area contributed by atoms with Crippen LogP contribution in [-0.4, -0.2) is 10.1 Å². The predicted molar refractivity (Wildman–Crippen MR) is 50.8 cm³/mol. The number of thiazole rings is 1. The topological polar surface area (TPSA) is 33.1 Å². The summed E-state index contributed by atoms with van der Waals surface area (Å²) in [6, 6.07) is 3.68. The molecule has 1 aromatic heterocycles. The molecule has 0 atom stereocenters. The Morgan fingerprint density at radius 1 is 1.33 bits per heavy atom. The van der Waals surface area contributed by atoms with Gasteiger partial charge in [0.05, 0.1) is 15.2 Å². The van der Waals surface area contributed by atoms with E-state index in [4.69, 9.17) is 0 Å². The van der Waals surface area contributed by atoms with Gasteiger partial charge in [-0.15, -0.1) is 11.3 Å². The molecule has 0 bridgehead atoms. The van der Waals surface area contributed by atoms with Crippen LogP contribution in [0.3, 0.4) is 0 Å². The number of aromatic hydroxyl groups is 1. The van der Waals surface area contributed by atoms with Gasteiger partial charge < -0.3 is 5.11 Å². The average Bonchev–Trinajstić information content (AvgIpc) is 2.30. The number of rotatable bonds is 0. The maximum absolute atomic E-state index is 9.39. The number of aromatic nitrogens is 1. The summed E-state index contributed by atoms with van der Waals surface area (Å²) < 4.78 is 1.14. The van der Waals surface area contributed by atoms with Crippen LogP contribution in [0.25, 0.3) is 10.2 Å². The van der Waals surface area contributed by atoms with Gasteiger partial charge in [-0.05, 0) is 25.5 Å². The molecule has 0 radical (unpaired) electrons. The molecule has 12 heavy (non-hydrogen) atoms. The van der Waals surface area contributed by atoms with Gasteiger partial charge in [-0.1, -0.05) is 0 Å². The van der Waals surface area contributed by atoms with Crippen molar-refractivity contribution in [1.82, 2.24) is 4.98 Å². The number of fused-ring (bicyclic) bond motifs is 1. The average molecular weight is 179 g/mol. The van der Waals surface area contributed by atoms with Gasteiger partial charge in [0.15, 0.2) is 0 Å². The van der Waals surface area contributed by atoms with Crippen molar-refractivity contribution in [3.63, 3.8) is 0 Å². The predicted octanol–water partition coefficient (Wildman–Crippen LogP) is 2.62. The smallest absolute Gasteiger partial charge is 0.120 e. The molecular weight excluding hydrogens is 170 g/mol. The minimum Gasteiger partial charge on any atom is -0.508 e. The second-order valence-electron chi connectivity index (χ2n) is 2.84. The second-order valence-corrected chi connectivity index (χ2v) is 4.07. The molecule has 1 aromatic carbocycles. The number of hydrogen-bond donors (Lipinski definition) is 1. The van der Waals surface area contributed by atoms with Crippen LogP contribution in [0, 0.1) is 13.8 Å². The molecule has 0 spiro atoms. The van der Waals surface area contributed by atoms with Crippen LogP contribution in [0.15, 0.2) is 12.1 Å². The van der Waals surface area contributed by atoms with Crippen molar-refractivity contribution in [2.24, 2.45) is 0 Å². The van der Waals surface area contributed by atoms with Gasteiger partial charge in [0, 0.05) is 6.07 Å². The molecule has 0 amide bonds. The summed E-state index contributed by atoms with van der Waals surface area (Å²) in [6.07, 6.45) is 0. The zero-order valence-corrected chi connectivity index (χ0v) is 7.77. The third kappa shape index (κ3) is 1.06. The van der Waals surface area contributed by atoms with Crippen molar-refractivity contribution in [2.75, 3.05) is 0 Å². The number of nitrogens with zero attached hydrogens (tertiary/aromatic N) is 1.